The number of rotatable bonds is 7. The second-order valence-corrected chi connectivity index (χ2v) is 9.23. The molecule has 0 saturated heterocycles. The van der Waals surface area contributed by atoms with Crippen molar-refractivity contribution < 1.29 is 23.4 Å². The molecule has 27 heavy (non-hydrogen) atoms. The number of pyridine rings is 1. The molecule has 0 radical (unpaired) electrons. The van der Waals surface area contributed by atoms with E-state index in [9.17, 15) is 18.3 Å². The molecule has 7 nitrogen and oxygen atoms in total. The molecule has 1 aromatic heterocycles. The molecule has 0 saturated carbocycles. The number of carbonyl (C=O) groups is 1. The Kier molecular flexibility index (Phi) is 6.35. The molecule has 2 rings (SSSR count). The molecule has 0 aliphatic heterocycles. The maximum atomic E-state index is 12.9. The van der Waals surface area contributed by atoms with Crippen molar-refractivity contribution in [2.75, 3.05) is 6.54 Å². The van der Waals surface area contributed by atoms with E-state index in [0.717, 1.165) is 9.87 Å². The summed E-state index contributed by atoms with van der Waals surface area (Å²) in [5.74, 6) is -1.48. The summed E-state index contributed by atoms with van der Waals surface area (Å²) in [5, 5.41) is 18.7. The summed E-state index contributed by atoms with van der Waals surface area (Å²) < 4.78 is 26.8. The number of aliphatic carboxylic acids is 1. The van der Waals surface area contributed by atoms with Gasteiger partial charge >= 0.3 is 5.97 Å². The molecule has 1 unspecified atom stereocenters. The maximum absolute atomic E-state index is 12.9. The Balaban J connectivity index is 2.34. The Bertz CT molecular complexity index is 875. The van der Waals surface area contributed by atoms with Crippen LogP contribution in [-0.4, -0.2) is 46.5 Å². The van der Waals surface area contributed by atoms with Gasteiger partial charge in [0.25, 0.3) is 0 Å². The maximum Gasteiger partial charge on any atom is 0.333 e. The topological polar surface area (TPSA) is 108 Å². The van der Waals surface area contributed by atoms with E-state index in [4.69, 9.17) is 5.11 Å². The quantitative estimate of drug-likeness (QED) is 0.746. The van der Waals surface area contributed by atoms with Crippen LogP contribution in [0.25, 0.3) is 0 Å². The van der Waals surface area contributed by atoms with E-state index in [1.54, 1.807) is 12.1 Å². The number of hydrogen-bond donors (Lipinski definition) is 2. The largest absolute Gasteiger partial charge is 0.479 e. The predicted octanol–water partition coefficient (Wildman–Crippen LogP) is 2.02. The van der Waals surface area contributed by atoms with Crippen LogP contribution < -0.4 is 0 Å². The number of aliphatic hydroxyl groups is 1. The molecular formula is C19H24N2O5S. The van der Waals surface area contributed by atoms with Crippen molar-refractivity contribution >= 4 is 16.0 Å². The summed E-state index contributed by atoms with van der Waals surface area (Å²) in [4.78, 5) is 14.8. The molecule has 8 heteroatoms. The van der Waals surface area contributed by atoms with E-state index < -0.39 is 28.6 Å². The van der Waals surface area contributed by atoms with Crippen LogP contribution in [0.4, 0.5) is 0 Å². The van der Waals surface area contributed by atoms with Gasteiger partial charge in [-0.1, -0.05) is 45.0 Å². The van der Waals surface area contributed by atoms with E-state index >= 15 is 0 Å². The van der Waals surface area contributed by atoms with E-state index in [1.165, 1.54) is 24.5 Å². The van der Waals surface area contributed by atoms with Crippen molar-refractivity contribution in [2.24, 2.45) is 0 Å². The van der Waals surface area contributed by atoms with Gasteiger partial charge in [0.1, 0.15) is 4.90 Å². The standard InChI is InChI=1S/C19H24N2O5S/c1-19(2,3)15-8-6-14(7-9-15)12-21(13-17(22)18(23)24)27(25,26)16-5-4-10-20-11-16/h4-11,17,22H,12-13H2,1-3H3,(H,23,24). The van der Waals surface area contributed by atoms with Gasteiger partial charge in [0.2, 0.25) is 10.0 Å². The minimum absolute atomic E-state index is 0.0422. The summed E-state index contributed by atoms with van der Waals surface area (Å²) in [6.45, 7) is 5.60. The van der Waals surface area contributed by atoms with Gasteiger partial charge in [-0.05, 0) is 28.7 Å². The Labute approximate surface area is 159 Å². The first-order valence-corrected chi connectivity index (χ1v) is 9.86. The molecular weight excluding hydrogens is 368 g/mol. The molecule has 146 valence electrons. The minimum Gasteiger partial charge on any atom is -0.479 e. The van der Waals surface area contributed by atoms with Crippen molar-refractivity contribution in [3.05, 3.63) is 59.9 Å². The van der Waals surface area contributed by atoms with Gasteiger partial charge < -0.3 is 10.2 Å². The van der Waals surface area contributed by atoms with E-state index in [-0.39, 0.29) is 16.9 Å². The third-order valence-corrected chi connectivity index (χ3v) is 5.91. The van der Waals surface area contributed by atoms with Crippen LogP contribution in [0, 0.1) is 0 Å². The van der Waals surface area contributed by atoms with Crippen molar-refractivity contribution in [3.8, 4) is 0 Å². The highest BCUT2D eigenvalue weighted by molar-refractivity contribution is 7.89. The van der Waals surface area contributed by atoms with Crippen molar-refractivity contribution in [2.45, 2.75) is 43.7 Å². The lowest BCUT2D eigenvalue weighted by Crippen LogP contribution is -2.40. The number of aliphatic hydroxyl groups excluding tert-OH is 1. The third-order valence-electron chi connectivity index (χ3n) is 4.11. The number of carboxylic acid groups (broad SMARTS) is 1. The first-order valence-electron chi connectivity index (χ1n) is 8.42. The van der Waals surface area contributed by atoms with E-state index in [2.05, 4.69) is 25.8 Å². The van der Waals surface area contributed by atoms with Gasteiger partial charge in [0, 0.05) is 18.9 Å². The number of hydrogen-bond acceptors (Lipinski definition) is 5. The average Bonchev–Trinajstić information content (AvgIpc) is 2.61. The van der Waals surface area contributed by atoms with Crippen LogP contribution in [0.1, 0.15) is 31.9 Å². The van der Waals surface area contributed by atoms with Gasteiger partial charge in [-0.3, -0.25) is 4.98 Å². The zero-order valence-corrected chi connectivity index (χ0v) is 16.3. The fraction of sp³-hybridized carbons (Fsp3) is 0.368. The lowest BCUT2D eigenvalue weighted by Gasteiger charge is -2.24. The predicted molar refractivity (Wildman–Crippen MR) is 101 cm³/mol. The number of sulfonamides is 1. The van der Waals surface area contributed by atoms with Crippen molar-refractivity contribution in [1.82, 2.24) is 9.29 Å². The Hall–Kier alpha value is -2.29. The lowest BCUT2D eigenvalue weighted by atomic mass is 9.87. The highest BCUT2D eigenvalue weighted by Gasteiger charge is 2.29. The summed E-state index contributed by atoms with van der Waals surface area (Å²) in [5.41, 5.74) is 1.74. The summed E-state index contributed by atoms with van der Waals surface area (Å²) in [7, 11) is -4.02. The number of nitrogens with zero attached hydrogens (tertiary/aromatic N) is 2. The van der Waals surface area contributed by atoms with Gasteiger partial charge in [0.05, 0.1) is 6.54 Å². The van der Waals surface area contributed by atoms with Crippen LogP contribution >= 0.6 is 0 Å². The minimum atomic E-state index is -4.02. The molecule has 1 atom stereocenters. The highest BCUT2D eigenvalue weighted by atomic mass is 32.2. The molecule has 1 aromatic carbocycles. The normalized spacial score (nSPS) is 13.5. The fourth-order valence-corrected chi connectivity index (χ4v) is 3.88. The smallest absolute Gasteiger partial charge is 0.333 e. The molecule has 1 heterocycles. The second-order valence-electron chi connectivity index (χ2n) is 7.29. The molecule has 2 aromatic rings. The lowest BCUT2D eigenvalue weighted by molar-refractivity contribution is -0.147. The van der Waals surface area contributed by atoms with Gasteiger partial charge in [-0.2, -0.15) is 4.31 Å². The van der Waals surface area contributed by atoms with Crippen LogP contribution in [0.3, 0.4) is 0 Å². The highest BCUT2D eigenvalue weighted by Crippen LogP contribution is 2.24. The third kappa shape index (κ3) is 5.35. The SMILES string of the molecule is CC(C)(C)c1ccc(CN(CC(O)C(=O)O)S(=O)(=O)c2cccnc2)cc1. The van der Waals surface area contributed by atoms with Crippen LogP contribution in [0.2, 0.25) is 0 Å². The summed E-state index contributed by atoms with van der Waals surface area (Å²) in [6.07, 6.45) is 0.809. The van der Waals surface area contributed by atoms with E-state index in [1.807, 2.05) is 12.1 Å². The van der Waals surface area contributed by atoms with Crippen LogP contribution in [0.15, 0.2) is 53.7 Å². The molecule has 0 aliphatic rings. The second kappa shape index (κ2) is 8.16. The van der Waals surface area contributed by atoms with Crippen molar-refractivity contribution in [3.63, 3.8) is 0 Å². The van der Waals surface area contributed by atoms with Crippen LogP contribution in [-0.2, 0) is 26.8 Å². The monoisotopic (exact) mass is 392 g/mol. The molecule has 0 aliphatic carbocycles. The molecule has 0 bridgehead atoms. The Morgan fingerprint density at radius 3 is 2.30 bits per heavy atom. The number of aromatic nitrogens is 1. The van der Waals surface area contributed by atoms with Crippen LogP contribution in [0.5, 0.6) is 0 Å². The molecule has 2 N–H and O–H groups in total. The van der Waals surface area contributed by atoms with E-state index in [0.29, 0.717) is 5.56 Å². The number of benzene rings is 1. The molecule has 0 spiro atoms. The average molecular weight is 392 g/mol. The summed E-state index contributed by atoms with van der Waals surface area (Å²) >= 11 is 0. The van der Waals surface area contributed by atoms with Gasteiger partial charge in [0.15, 0.2) is 6.10 Å². The first kappa shape index (κ1) is 21.0. The first-order chi connectivity index (χ1) is 12.5. The Morgan fingerprint density at radius 1 is 1.19 bits per heavy atom. The molecule has 0 fully saturated rings. The Morgan fingerprint density at radius 2 is 1.81 bits per heavy atom. The fourth-order valence-electron chi connectivity index (χ4n) is 2.48. The zero-order valence-electron chi connectivity index (χ0n) is 15.5. The van der Waals surface area contributed by atoms with Gasteiger partial charge in [-0.15, -0.1) is 0 Å². The zero-order chi connectivity index (χ0) is 20.2. The molecule has 0 amide bonds. The van der Waals surface area contributed by atoms with Crippen molar-refractivity contribution in [1.29, 1.82) is 0 Å². The van der Waals surface area contributed by atoms with Gasteiger partial charge in [-0.25, -0.2) is 13.2 Å². The summed E-state index contributed by atoms with van der Waals surface area (Å²) in [6, 6.07) is 10.3. The number of carboxylic acids is 1.